The van der Waals surface area contributed by atoms with Crippen molar-refractivity contribution in [2.45, 2.75) is 44.6 Å². The molecule has 0 bridgehead atoms. The van der Waals surface area contributed by atoms with Crippen LogP contribution in [-0.2, 0) is 14.8 Å². The Morgan fingerprint density at radius 2 is 1.95 bits per heavy atom. The largest absolute Gasteiger partial charge is 0.355 e. The SMILES string of the molecule is Cc1noc(C=Cc2ccc(F)cc2F)c1S(=O)(=O)N1CCC(C(=O)NC(c2cccs2)C(C)C)CC1. The number of aryl methyl sites for hydroxylation is 1. The Balaban J connectivity index is 1.45. The molecule has 11 heteroatoms. The van der Waals surface area contributed by atoms with Gasteiger partial charge >= 0.3 is 0 Å². The number of sulfonamides is 1. The number of hydrogen-bond acceptors (Lipinski definition) is 6. The first-order valence-corrected chi connectivity index (χ1v) is 14.3. The summed E-state index contributed by atoms with van der Waals surface area (Å²) in [4.78, 5) is 14.0. The molecular weight excluding hydrogens is 520 g/mol. The fraction of sp³-hybridized carbons (Fsp3) is 0.385. The molecule has 0 radical (unpaired) electrons. The van der Waals surface area contributed by atoms with Crippen LogP contribution in [-0.4, -0.2) is 36.9 Å². The molecule has 0 aliphatic carbocycles. The summed E-state index contributed by atoms with van der Waals surface area (Å²) in [5.41, 5.74) is 0.252. The third-order valence-corrected chi connectivity index (χ3v) is 9.46. The molecule has 7 nitrogen and oxygen atoms in total. The predicted molar refractivity (Wildman–Crippen MR) is 138 cm³/mol. The molecule has 3 aromatic rings. The Bertz CT molecular complexity index is 1380. The van der Waals surface area contributed by atoms with Crippen LogP contribution in [0, 0.1) is 30.4 Å². The lowest BCUT2D eigenvalue weighted by Crippen LogP contribution is -2.44. The van der Waals surface area contributed by atoms with Crippen LogP contribution in [0.25, 0.3) is 12.2 Å². The van der Waals surface area contributed by atoms with Crippen LogP contribution in [0.15, 0.2) is 45.1 Å². The maximum atomic E-state index is 14.0. The Labute approximate surface area is 219 Å². The molecule has 1 saturated heterocycles. The second kappa shape index (κ2) is 11.2. The Hall–Kier alpha value is -2.89. The molecule has 0 saturated carbocycles. The lowest BCUT2D eigenvalue weighted by atomic mass is 9.95. The van der Waals surface area contributed by atoms with E-state index < -0.39 is 21.7 Å². The summed E-state index contributed by atoms with van der Waals surface area (Å²) < 4.78 is 60.7. The first kappa shape index (κ1) is 27.2. The normalized spacial score (nSPS) is 16.5. The van der Waals surface area contributed by atoms with Crippen molar-refractivity contribution >= 4 is 39.4 Å². The maximum Gasteiger partial charge on any atom is 0.248 e. The molecule has 37 heavy (non-hydrogen) atoms. The van der Waals surface area contributed by atoms with Crippen LogP contribution in [0.1, 0.15) is 54.6 Å². The van der Waals surface area contributed by atoms with Gasteiger partial charge in [0.1, 0.15) is 17.3 Å². The number of nitrogens with one attached hydrogen (secondary N) is 1. The minimum atomic E-state index is -3.98. The van der Waals surface area contributed by atoms with Crippen molar-refractivity contribution in [3.05, 3.63) is 69.2 Å². The smallest absolute Gasteiger partial charge is 0.248 e. The number of benzene rings is 1. The molecule has 1 aliphatic rings. The van der Waals surface area contributed by atoms with Gasteiger partial charge in [-0.25, -0.2) is 17.2 Å². The molecule has 1 fully saturated rings. The van der Waals surface area contributed by atoms with Crippen molar-refractivity contribution < 1.29 is 26.5 Å². The highest BCUT2D eigenvalue weighted by molar-refractivity contribution is 7.89. The molecule has 1 atom stereocenters. The Morgan fingerprint density at radius 3 is 2.57 bits per heavy atom. The molecule has 1 N–H and O–H groups in total. The highest BCUT2D eigenvalue weighted by atomic mass is 32.2. The zero-order valence-electron chi connectivity index (χ0n) is 20.8. The summed E-state index contributed by atoms with van der Waals surface area (Å²) in [6, 6.07) is 6.97. The van der Waals surface area contributed by atoms with E-state index in [0.29, 0.717) is 12.8 Å². The van der Waals surface area contributed by atoms with Crippen LogP contribution < -0.4 is 5.32 Å². The van der Waals surface area contributed by atoms with Gasteiger partial charge in [-0.3, -0.25) is 4.79 Å². The summed E-state index contributed by atoms with van der Waals surface area (Å²) in [6.45, 7) is 5.97. The van der Waals surface area contributed by atoms with Crippen LogP contribution in [0.3, 0.4) is 0 Å². The van der Waals surface area contributed by atoms with Crippen molar-refractivity contribution in [3.8, 4) is 0 Å². The van der Waals surface area contributed by atoms with Gasteiger partial charge in [0, 0.05) is 35.5 Å². The third kappa shape index (κ3) is 6.00. The van der Waals surface area contributed by atoms with Gasteiger partial charge in [0.25, 0.3) is 0 Å². The summed E-state index contributed by atoms with van der Waals surface area (Å²) in [5.74, 6) is -1.69. The number of halogens is 2. The summed E-state index contributed by atoms with van der Waals surface area (Å²) in [6.07, 6.45) is 3.39. The van der Waals surface area contributed by atoms with Gasteiger partial charge in [0.05, 0.1) is 6.04 Å². The van der Waals surface area contributed by atoms with Gasteiger partial charge < -0.3 is 9.84 Å². The van der Waals surface area contributed by atoms with Crippen molar-refractivity contribution in [1.82, 2.24) is 14.8 Å². The number of aromatic nitrogens is 1. The molecule has 1 aliphatic heterocycles. The summed E-state index contributed by atoms with van der Waals surface area (Å²) in [7, 11) is -3.98. The van der Waals surface area contributed by atoms with Crippen molar-refractivity contribution in [2.24, 2.45) is 11.8 Å². The van der Waals surface area contributed by atoms with Gasteiger partial charge in [-0.2, -0.15) is 4.31 Å². The van der Waals surface area contributed by atoms with Crippen molar-refractivity contribution in [3.63, 3.8) is 0 Å². The zero-order chi connectivity index (χ0) is 26.7. The third-order valence-electron chi connectivity index (χ3n) is 6.45. The number of thiophene rings is 1. The van der Waals surface area contributed by atoms with Gasteiger partial charge in [-0.05, 0) is 61.4 Å². The molecule has 198 valence electrons. The topological polar surface area (TPSA) is 92.5 Å². The highest BCUT2D eigenvalue weighted by Crippen LogP contribution is 2.31. The quantitative estimate of drug-likeness (QED) is 0.406. The summed E-state index contributed by atoms with van der Waals surface area (Å²) >= 11 is 1.60. The molecule has 1 unspecified atom stereocenters. The minimum absolute atomic E-state index is 0.0446. The van der Waals surface area contributed by atoms with Gasteiger partial charge in [0.15, 0.2) is 10.7 Å². The highest BCUT2D eigenvalue weighted by Gasteiger charge is 2.36. The molecular formula is C26H29F2N3O4S2. The van der Waals surface area contributed by atoms with Crippen LogP contribution in [0.2, 0.25) is 0 Å². The number of hydrogen-bond donors (Lipinski definition) is 1. The van der Waals surface area contributed by atoms with Crippen LogP contribution in [0.5, 0.6) is 0 Å². The predicted octanol–water partition coefficient (Wildman–Crippen LogP) is 5.41. The van der Waals surface area contributed by atoms with E-state index in [9.17, 15) is 22.0 Å². The van der Waals surface area contributed by atoms with Crippen LogP contribution >= 0.6 is 11.3 Å². The number of carbonyl (C=O) groups excluding carboxylic acids is 1. The average molecular weight is 550 g/mol. The van der Waals surface area contributed by atoms with E-state index >= 15 is 0 Å². The van der Waals surface area contributed by atoms with E-state index in [0.717, 1.165) is 17.0 Å². The molecule has 2 aromatic heterocycles. The maximum absolute atomic E-state index is 14.0. The van der Waals surface area contributed by atoms with Gasteiger partial charge in [-0.15, -0.1) is 11.3 Å². The molecule has 1 amide bonds. The van der Waals surface area contributed by atoms with E-state index in [2.05, 4.69) is 24.3 Å². The standard InChI is InChI=1S/C26H29F2N3O4S2/c1-16(2)24(23-5-4-14-36-23)29-26(32)19-10-12-31(13-11-19)37(33,34)25-17(3)30-35-22(25)9-7-18-6-8-20(27)15-21(18)28/h4-9,14-16,19,24H,10-13H2,1-3H3,(H,29,32). The van der Waals surface area contributed by atoms with Gasteiger partial charge in [-0.1, -0.05) is 25.1 Å². The van der Waals surface area contributed by atoms with E-state index in [1.165, 1.54) is 29.4 Å². The fourth-order valence-corrected chi connectivity index (χ4v) is 7.06. The van der Waals surface area contributed by atoms with E-state index in [1.807, 2.05) is 17.5 Å². The number of rotatable bonds is 8. The van der Waals surface area contributed by atoms with Crippen molar-refractivity contribution in [2.75, 3.05) is 13.1 Å². The van der Waals surface area contributed by atoms with E-state index in [4.69, 9.17) is 4.52 Å². The molecule has 0 spiro atoms. The van der Waals surface area contributed by atoms with Crippen molar-refractivity contribution in [1.29, 1.82) is 0 Å². The number of amides is 1. The summed E-state index contributed by atoms with van der Waals surface area (Å²) in [5, 5.41) is 8.92. The first-order valence-electron chi connectivity index (χ1n) is 12.0. The monoisotopic (exact) mass is 549 g/mol. The van der Waals surface area contributed by atoms with Gasteiger partial charge in [0.2, 0.25) is 15.9 Å². The minimum Gasteiger partial charge on any atom is -0.355 e. The van der Waals surface area contributed by atoms with E-state index in [1.54, 1.807) is 11.3 Å². The molecule has 3 heterocycles. The Kier molecular flexibility index (Phi) is 8.25. The number of nitrogens with zero attached hydrogens (tertiary/aromatic N) is 2. The lowest BCUT2D eigenvalue weighted by Gasteiger charge is -2.32. The van der Waals surface area contributed by atoms with Crippen LogP contribution in [0.4, 0.5) is 8.78 Å². The number of carbonyl (C=O) groups is 1. The number of piperidine rings is 1. The second-order valence-corrected chi connectivity index (χ2v) is 12.2. The fourth-order valence-electron chi connectivity index (χ4n) is 4.39. The average Bonchev–Trinajstić information content (AvgIpc) is 3.52. The molecule has 4 rings (SSSR count). The zero-order valence-corrected chi connectivity index (χ0v) is 22.4. The first-order chi connectivity index (χ1) is 17.6. The Morgan fingerprint density at radius 1 is 1.22 bits per heavy atom. The van der Waals surface area contributed by atoms with E-state index in [-0.39, 0.29) is 58.8 Å². The lowest BCUT2D eigenvalue weighted by molar-refractivity contribution is -0.127. The molecule has 1 aromatic carbocycles. The second-order valence-electron chi connectivity index (χ2n) is 9.38.